The molecule has 0 spiro atoms. The van der Waals surface area contributed by atoms with Crippen LogP contribution in [0.5, 0.6) is 0 Å². The van der Waals surface area contributed by atoms with Crippen molar-refractivity contribution in [1.82, 2.24) is 9.80 Å². The van der Waals surface area contributed by atoms with Crippen LogP contribution in [0.3, 0.4) is 0 Å². The smallest absolute Gasteiger partial charge is 0.348 e. The number of nitrogens with one attached hydrogen (secondary N) is 1. The number of anilines is 1. The number of carbonyl (C=O) groups is 3. The standard InChI is InChI=1S/C24H30ClN3O5S/c1-4-32-23(30)20-16(3)21(24(31)33-5-2)34-22(20)26-19(29)15-28-11-9-27(10-12-28)14-17-7-6-8-18(25)13-17/h6-8,13H,4-5,9-12,14-15H2,1-3H3,(H,26,29). The lowest BCUT2D eigenvalue weighted by atomic mass is 10.1. The second-order valence-electron chi connectivity index (χ2n) is 7.93. The Morgan fingerprint density at radius 2 is 1.68 bits per heavy atom. The van der Waals surface area contributed by atoms with Gasteiger partial charge in [0.2, 0.25) is 5.91 Å². The second-order valence-corrected chi connectivity index (χ2v) is 9.39. The van der Waals surface area contributed by atoms with Gasteiger partial charge in [0.25, 0.3) is 0 Å². The van der Waals surface area contributed by atoms with E-state index in [9.17, 15) is 14.4 Å². The fourth-order valence-corrected chi connectivity index (χ4v) is 5.13. The second kappa shape index (κ2) is 12.3. The van der Waals surface area contributed by atoms with Gasteiger partial charge in [0.05, 0.1) is 25.3 Å². The quantitative estimate of drug-likeness (QED) is 0.516. The van der Waals surface area contributed by atoms with Crippen molar-refractivity contribution >= 4 is 45.8 Å². The first kappa shape index (κ1) is 26.2. The van der Waals surface area contributed by atoms with E-state index in [1.54, 1.807) is 20.8 Å². The molecule has 1 saturated heterocycles. The summed E-state index contributed by atoms with van der Waals surface area (Å²) in [4.78, 5) is 42.3. The molecule has 1 aromatic carbocycles. The third-order valence-electron chi connectivity index (χ3n) is 5.47. The van der Waals surface area contributed by atoms with Crippen molar-refractivity contribution in [3.05, 3.63) is 50.9 Å². The summed E-state index contributed by atoms with van der Waals surface area (Å²) in [6, 6.07) is 7.83. The van der Waals surface area contributed by atoms with Crippen LogP contribution in [0.2, 0.25) is 5.02 Å². The highest BCUT2D eigenvalue weighted by atomic mass is 35.5. The van der Waals surface area contributed by atoms with E-state index in [0.717, 1.165) is 54.6 Å². The minimum absolute atomic E-state index is 0.190. The molecule has 8 nitrogen and oxygen atoms in total. The van der Waals surface area contributed by atoms with Crippen molar-refractivity contribution in [2.24, 2.45) is 0 Å². The number of rotatable bonds is 9. The molecule has 2 aromatic rings. The zero-order chi connectivity index (χ0) is 24.7. The van der Waals surface area contributed by atoms with Crippen LogP contribution in [0.4, 0.5) is 5.00 Å². The lowest BCUT2D eigenvalue weighted by Crippen LogP contribution is -2.48. The topological polar surface area (TPSA) is 88.2 Å². The largest absolute Gasteiger partial charge is 0.462 e. The van der Waals surface area contributed by atoms with Crippen molar-refractivity contribution in [1.29, 1.82) is 0 Å². The number of thiophene rings is 1. The molecule has 1 aromatic heterocycles. The van der Waals surface area contributed by atoms with Crippen LogP contribution >= 0.6 is 22.9 Å². The Morgan fingerprint density at radius 3 is 2.32 bits per heavy atom. The molecule has 0 saturated carbocycles. The Morgan fingerprint density at radius 1 is 1.03 bits per heavy atom. The molecule has 1 aliphatic rings. The number of ether oxygens (including phenoxy) is 2. The third kappa shape index (κ3) is 6.79. The molecule has 0 atom stereocenters. The molecule has 1 amide bonds. The zero-order valence-electron chi connectivity index (χ0n) is 19.7. The van der Waals surface area contributed by atoms with Gasteiger partial charge in [-0.2, -0.15) is 0 Å². The summed E-state index contributed by atoms with van der Waals surface area (Å²) < 4.78 is 10.2. The molecule has 10 heteroatoms. The number of esters is 2. The average Bonchev–Trinajstić information content (AvgIpc) is 3.11. The minimum Gasteiger partial charge on any atom is -0.462 e. The predicted molar refractivity (Wildman–Crippen MR) is 133 cm³/mol. The van der Waals surface area contributed by atoms with Gasteiger partial charge in [0, 0.05) is 37.7 Å². The third-order valence-corrected chi connectivity index (χ3v) is 6.89. The summed E-state index contributed by atoms with van der Waals surface area (Å²) in [6.07, 6.45) is 0. The maximum atomic E-state index is 12.8. The van der Waals surface area contributed by atoms with Gasteiger partial charge in [0.1, 0.15) is 9.88 Å². The number of hydrogen-bond donors (Lipinski definition) is 1. The van der Waals surface area contributed by atoms with E-state index in [-0.39, 0.29) is 36.1 Å². The fourth-order valence-electron chi connectivity index (χ4n) is 3.81. The summed E-state index contributed by atoms with van der Waals surface area (Å²) in [5, 5.41) is 3.85. The molecule has 1 aliphatic heterocycles. The number of piperazine rings is 1. The first-order valence-electron chi connectivity index (χ1n) is 11.3. The van der Waals surface area contributed by atoms with Crippen LogP contribution in [0.1, 0.15) is 45.0 Å². The molecular weight excluding hydrogens is 478 g/mol. The Labute approximate surface area is 208 Å². The summed E-state index contributed by atoms with van der Waals surface area (Å²) >= 11 is 7.11. The number of benzene rings is 1. The van der Waals surface area contributed by atoms with E-state index < -0.39 is 11.9 Å². The number of amides is 1. The lowest BCUT2D eigenvalue weighted by Gasteiger charge is -2.34. The van der Waals surface area contributed by atoms with E-state index in [2.05, 4.69) is 21.2 Å². The normalized spacial score (nSPS) is 14.6. The van der Waals surface area contributed by atoms with Gasteiger partial charge >= 0.3 is 11.9 Å². The highest BCUT2D eigenvalue weighted by Gasteiger charge is 2.28. The van der Waals surface area contributed by atoms with Crippen LogP contribution in [-0.4, -0.2) is 73.6 Å². The van der Waals surface area contributed by atoms with Crippen LogP contribution in [0.15, 0.2) is 24.3 Å². The van der Waals surface area contributed by atoms with E-state index in [1.807, 2.05) is 18.2 Å². The van der Waals surface area contributed by atoms with Gasteiger partial charge in [0.15, 0.2) is 0 Å². The first-order valence-corrected chi connectivity index (χ1v) is 12.5. The van der Waals surface area contributed by atoms with E-state index >= 15 is 0 Å². The molecule has 0 aliphatic carbocycles. The molecule has 2 heterocycles. The number of halogens is 1. The molecule has 0 unspecified atom stereocenters. The van der Waals surface area contributed by atoms with Crippen LogP contribution < -0.4 is 5.32 Å². The molecule has 0 bridgehead atoms. The summed E-state index contributed by atoms with van der Waals surface area (Å²) in [5.41, 5.74) is 1.82. The summed E-state index contributed by atoms with van der Waals surface area (Å²) in [6.45, 7) is 9.65. The van der Waals surface area contributed by atoms with Crippen molar-refractivity contribution in [3.8, 4) is 0 Å². The highest BCUT2D eigenvalue weighted by molar-refractivity contribution is 7.18. The zero-order valence-corrected chi connectivity index (χ0v) is 21.3. The van der Waals surface area contributed by atoms with Crippen LogP contribution in [0, 0.1) is 6.92 Å². The van der Waals surface area contributed by atoms with Crippen LogP contribution in [-0.2, 0) is 20.8 Å². The molecule has 0 radical (unpaired) electrons. The molecular formula is C24H30ClN3O5S. The Bertz CT molecular complexity index is 1030. The van der Waals surface area contributed by atoms with Crippen molar-refractivity contribution in [2.45, 2.75) is 27.3 Å². The maximum absolute atomic E-state index is 12.8. The Kier molecular flexibility index (Phi) is 9.46. The van der Waals surface area contributed by atoms with Gasteiger partial charge < -0.3 is 14.8 Å². The van der Waals surface area contributed by atoms with E-state index in [0.29, 0.717) is 10.6 Å². The monoisotopic (exact) mass is 507 g/mol. The van der Waals surface area contributed by atoms with Gasteiger partial charge in [-0.3, -0.25) is 14.6 Å². The Hall–Kier alpha value is -2.46. The minimum atomic E-state index is -0.572. The summed E-state index contributed by atoms with van der Waals surface area (Å²) in [7, 11) is 0. The SMILES string of the molecule is CCOC(=O)c1sc(NC(=O)CN2CCN(Cc3cccc(Cl)c3)CC2)c(C(=O)OCC)c1C. The molecule has 34 heavy (non-hydrogen) atoms. The van der Waals surface area contributed by atoms with Gasteiger partial charge in [-0.05, 0) is 44.0 Å². The van der Waals surface area contributed by atoms with E-state index in [1.165, 1.54) is 0 Å². The van der Waals surface area contributed by atoms with Crippen molar-refractivity contribution in [3.63, 3.8) is 0 Å². The molecule has 3 rings (SSSR count). The predicted octanol–water partition coefficient (Wildman–Crippen LogP) is 3.82. The Balaban J connectivity index is 1.60. The van der Waals surface area contributed by atoms with Gasteiger partial charge in [-0.15, -0.1) is 11.3 Å². The maximum Gasteiger partial charge on any atom is 0.348 e. The van der Waals surface area contributed by atoms with Crippen LogP contribution in [0.25, 0.3) is 0 Å². The van der Waals surface area contributed by atoms with E-state index in [4.69, 9.17) is 21.1 Å². The lowest BCUT2D eigenvalue weighted by molar-refractivity contribution is -0.117. The van der Waals surface area contributed by atoms with Crippen molar-refractivity contribution in [2.75, 3.05) is 51.3 Å². The molecule has 184 valence electrons. The first-order chi connectivity index (χ1) is 16.3. The number of hydrogen-bond acceptors (Lipinski definition) is 8. The number of carbonyl (C=O) groups excluding carboxylic acids is 3. The molecule has 1 fully saturated rings. The summed E-state index contributed by atoms with van der Waals surface area (Å²) in [5.74, 6) is -1.34. The highest BCUT2D eigenvalue weighted by Crippen LogP contribution is 2.34. The average molecular weight is 508 g/mol. The number of nitrogens with zero attached hydrogens (tertiary/aromatic N) is 2. The molecule has 1 N–H and O–H groups in total. The van der Waals surface area contributed by atoms with Gasteiger partial charge in [-0.1, -0.05) is 23.7 Å². The fraction of sp³-hybridized carbons (Fsp3) is 0.458. The van der Waals surface area contributed by atoms with Crippen molar-refractivity contribution < 1.29 is 23.9 Å². The van der Waals surface area contributed by atoms with Gasteiger partial charge in [-0.25, -0.2) is 9.59 Å².